The number of hydrogen-bond donors (Lipinski definition) is 1. The Morgan fingerprint density at radius 3 is 2.47 bits per heavy atom. The summed E-state index contributed by atoms with van der Waals surface area (Å²) >= 11 is 11.5. The first-order chi connectivity index (χ1) is 8.93. The predicted molar refractivity (Wildman–Crippen MR) is 81.9 cm³/mol. The van der Waals surface area contributed by atoms with E-state index in [9.17, 15) is 4.79 Å². The topological polar surface area (TPSA) is 29.1 Å². The smallest absolute Gasteiger partial charge is 0.224 e. The lowest BCUT2D eigenvalue weighted by atomic mass is 9.88. The lowest BCUT2D eigenvalue weighted by molar-refractivity contribution is -0.120. The molecule has 0 aliphatic carbocycles. The van der Waals surface area contributed by atoms with Crippen LogP contribution in [0.25, 0.3) is 0 Å². The zero-order valence-corrected chi connectivity index (χ0v) is 13.0. The molecule has 0 atom stereocenters. The molecule has 0 saturated heterocycles. The molecular weight excluding hydrogens is 281 g/mol. The molecule has 0 heterocycles. The van der Waals surface area contributed by atoms with Crippen molar-refractivity contribution in [3.8, 4) is 0 Å². The Morgan fingerprint density at radius 2 is 1.89 bits per heavy atom. The molecule has 1 aromatic carbocycles. The van der Waals surface area contributed by atoms with Gasteiger partial charge in [0, 0.05) is 17.4 Å². The van der Waals surface area contributed by atoms with Crippen molar-refractivity contribution in [2.24, 2.45) is 5.41 Å². The standard InChI is InChI=1S/C15H21Cl2NO/c1-15(2,8-3-9-16)11-18-14(19)10-12-4-6-13(17)7-5-12/h4-7H,3,8-11H2,1-2H3,(H,18,19). The second-order valence-electron chi connectivity index (χ2n) is 5.54. The second kappa shape index (κ2) is 7.76. The Bertz CT molecular complexity index is 401. The highest BCUT2D eigenvalue weighted by molar-refractivity contribution is 6.30. The largest absolute Gasteiger partial charge is 0.355 e. The first kappa shape index (κ1) is 16.3. The summed E-state index contributed by atoms with van der Waals surface area (Å²) in [6, 6.07) is 7.35. The van der Waals surface area contributed by atoms with E-state index >= 15 is 0 Å². The minimum absolute atomic E-state index is 0.0428. The number of carbonyl (C=O) groups excluding carboxylic acids is 1. The summed E-state index contributed by atoms with van der Waals surface area (Å²) in [5, 5.41) is 3.67. The molecule has 0 bridgehead atoms. The van der Waals surface area contributed by atoms with Gasteiger partial charge in [-0.15, -0.1) is 11.6 Å². The Morgan fingerprint density at radius 1 is 1.26 bits per heavy atom. The molecule has 1 N–H and O–H groups in total. The van der Waals surface area contributed by atoms with Crippen LogP contribution < -0.4 is 5.32 Å². The summed E-state index contributed by atoms with van der Waals surface area (Å²) in [5.41, 5.74) is 1.06. The average molecular weight is 302 g/mol. The minimum Gasteiger partial charge on any atom is -0.355 e. The molecule has 0 unspecified atom stereocenters. The summed E-state index contributed by atoms with van der Waals surface area (Å²) in [6.45, 7) is 4.96. The highest BCUT2D eigenvalue weighted by Crippen LogP contribution is 2.21. The van der Waals surface area contributed by atoms with Gasteiger partial charge in [-0.3, -0.25) is 4.79 Å². The molecule has 0 fully saturated rings. The quantitative estimate of drug-likeness (QED) is 0.757. The minimum atomic E-state index is 0.0428. The van der Waals surface area contributed by atoms with Gasteiger partial charge in [-0.25, -0.2) is 0 Å². The fourth-order valence-electron chi connectivity index (χ4n) is 1.82. The third-order valence-electron chi connectivity index (χ3n) is 3.03. The number of hydrogen-bond acceptors (Lipinski definition) is 1. The number of nitrogens with one attached hydrogen (secondary N) is 1. The van der Waals surface area contributed by atoms with E-state index in [1.54, 1.807) is 12.1 Å². The van der Waals surface area contributed by atoms with Crippen LogP contribution in [0.3, 0.4) is 0 Å². The summed E-state index contributed by atoms with van der Waals surface area (Å²) in [7, 11) is 0. The van der Waals surface area contributed by atoms with Crippen molar-refractivity contribution in [2.45, 2.75) is 33.1 Å². The molecule has 106 valence electrons. The molecule has 0 saturated carbocycles. The van der Waals surface area contributed by atoms with Gasteiger partial charge in [-0.05, 0) is 36.0 Å². The molecule has 1 aromatic rings. The van der Waals surface area contributed by atoms with Crippen LogP contribution >= 0.6 is 23.2 Å². The van der Waals surface area contributed by atoms with Gasteiger partial charge < -0.3 is 5.32 Å². The van der Waals surface area contributed by atoms with Crippen molar-refractivity contribution >= 4 is 29.1 Å². The fourth-order valence-corrected chi connectivity index (χ4v) is 2.08. The van der Waals surface area contributed by atoms with Crippen molar-refractivity contribution < 1.29 is 4.79 Å². The maximum absolute atomic E-state index is 11.8. The lowest BCUT2D eigenvalue weighted by Gasteiger charge is -2.24. The maximum atomic E-state index is 11.8. The van der Waals surface area contributed by atoms with Gasteiger partial charge >= 0.3 is 0 Å². The summed E-state index contributed by atoms with van der Waals surface area (Å²) < 4.78 is 0. The molecule has 0 aliphatic heterocycles. The normalized spacial score (nSPS) is 11.4. The Balaban J connectivity index is 2.37. The van der Waals surface area contributed by atoms with Crippen LogP contribution in [0, 0.1) is 5.41 Å². The van der Waals surface area contributed by atoms with Crippen molar-refractivity contribution in [3.05, 3.63) is 34.9 Å². The van der Waals surface area contributed by atoms with E-state index in [1.165, 1.54) is 0 Å². The molecule has 0 aliphatic rings. The van der Waals surface area contributed by atoms with Crippen molar-refractivity contribution in [1.29, 1.82) is 0 Å². The Hall–Kier alpha value is -0.730. The third-order valence-corrected chi connectivity index (χ3v) is 3.55. The first-order valence-electron chi connectivity index (χ1n) is 6.50. The SMILES string of the molecule is CC(C)(CCCCl)CNC(=O)Cc1ccc(Cl)cc1. The van der Waals surface area contributed by atoms with Crippen LogP contribution in [-0.2, 0) is 11.2 Å². The summed E-state index contributed by atoms with van der Waals surface area (Å²) in [4.78, 5) is 11.8. The zero-order chi connectivity index (χ0) is 14.3. The summed E-state index contributed by atoms with van der Waals surface area (Å²) in [6.07, 6.45) is 2.38. The number of rotatable bonds is 7. The van der Waals surface area contributed by atoms with Crippen LogP contribution in [-0.4, -0.2) is 18.3 Å². The monoisotopic (exact) mass is 301 g/mol. The molecule has 2 nitrogen and oxygen atoms in total. The molecule has 1 amide bonds. The molecule has 19 heavy (non-hydrogen) atoms. The van der Waals surface area contributed by atoms with Crippen LogP contribution in [0.2, 0.25) is 5.02 Å². The van der Waals surface area contributed by atoms with Gasteiger partial charge in [0.1, 0.15) is 0 Å². The number of benzene rings is 1. The van der Waals surface area contributed by atoms with E-state index in [0.29, 0.717) is 23.9 Å². The van der Waals surface area contributed by atoms with Gasteiger partial charge in [0.2, 0.25) is 5.91 Å². The van der Waals surface area contributed by atoms with E-state index < -0.39 is 0 Å². The van der Waals surface area contributed by atoms with Crippen molar-refractivity contribution in [1.82, 2.24) is 5.32 Å². The number of carbonyl (C=O) groups is 1. The van der Waals surface area contributed by atoms with Gasteiger partial charge in [0.15, 0.2) is 0 Å². The Kier molecular flexibility index (Phi) is 6.67. The van der Waals surface area contributed by atoms with E-state index in [2.05, 4.69) is 19.2 Å². The van der Waals surface area contributed by atoms with Gasteiger partial charge in [0.25, 0.3) is 0 Å². The molecule has 0 spiro atoms. The Labute approximate surface area is 125 Å². The van der Waals surface area contributed by atoms with E-state index in [0.717, 1.165) is 18.4 Å². The first-order valence-corrected chi connectivity index (χ1v) is 7.41. The molecule has 4 heteroatoms. The van der Waals surface area contributed by atoms with Crippen molar-refractivity contribution in [3.63, 3.8) is 0 Å². The fraction of sp³-hybridized carbons (Fsp3) is 0.533. The predicted octanol–water partition coefficient (Wildman–Crippen LogP) is 4.04. The number of halogens is 2. The highest BCUT2D eigenvalue weighted by Gasteiger charge is 2.18. The molecule has 0 radical (unpaired) electrons. The number of amides is 1. The molecular formula is C15H21Cl2NO. The molecule has 1 rings (SSSR count). The summed E-state index contributed by atoms with van der Waals surface area (Å²) in [5.74, 6) is 0.712. The maximum Gasteiger partial charge on any atom is 0.224 e. The van der Waals surface area contributed by atoms with Crippen LogP contribution in [0.15, 0.2) is 24.3 Å². The second-order valence-corrected chi connectivity index (χ2v) is 6.35. The van der Waals surface area contributed by atoms with Gasteiger partial charge in [-0.2, -0.15) is 0 Å². The highest BCUT2D eigenvalue weighted by atomic mass is 35.5. The van der Waals surface area contributed by atoms with Gasteiger partial charge in [-0.1, -0.05) is 37.6 Å². The zero-order valence-electron chi connectivity index (χ0n) is 11.5. The van der Waals surface area contributed by atoms with E-state index in [4.69, 9.17) is 23.2 Å². The average Bonchev–Trinajstić information content (AvgIpc) is 2.37. The van der Waals surface area contributed by atoms with E-state index in [-0.39, 0.29) is 11.3 Å². The molecule has 0 aromatic heterocycles. The van der Waals surface area contributed by atoms with E-state index in [1.807, 2.05) is 12.1 Å². The van der Waals surface area contributed by atoms with Gasteiger partial charge in [0.05, 0.1) is 6.42 Å². The van der Waals surface area contributed by atoms with Crippen LogP contribution in [0.5, 0.6) is 0 Å². The lowest BCUT2D eigenvalue weighted by Crippen LogP contribution is -2.34. The van der Waals surface area contributed by atoms with Crippen LogP contribution in [0.4, 0.5) is 0 Å². The van der Waals surface area contributed by atoms with Crippen molar-refractivity contribution in [2.75, 3.05) is 12.4 Å². The van der Waals surface area contributed by atoms with Crippen LogP contribution in [0.1, 0.15) is 32.3 Å². The number of alkyl halides is 1. The third kappa shape index (κ3) is 6.84.